The Hall–Kier alpha value is -1.32. The molecule has 0 radical (unpaired) electrons. The molecule has 1 N–H and O–H groups in total. The van der Waals surface area contributed by atoms with Crippen molar-refractivity contribution in [2.45, 2.75) is 33.6 Å². The minimum absolute atomic E-state index is 0.0517. The van der Waals surface area contributed by atoms with Crippen molar-refractivity contribution in [3.05, 3.63) is 50.2 Å². The van der Waals surface area contributed by atoms with Crippen molar-refractivity contribution >= 4 is 34.5 Å². The average molecular weight is 308 g/mol. The van der Waals surface area contributed by atoms with Crippen molar-refractivity contribution in [3.63, 3.8) is 0 Å². The lowest BCUT2D eigenvalue weighted by Gasteiger charge is -2.15. The molecule has 2 aromatic rings. The van der Waals surface area contributed by atoms with Crippen LogP contribution in [0.2, 0.25) is 5.02 Å². The van der Waals surface area contributed by atoms with E-state index in [1.165, 1.54) is 11.3 Å². The van der Waals surface area contributed by atoms with Crippen LogP contribution in [0.1, 0.15) is 40.2 Å². The Labute approximate surface area is 128 Å². The molecule has 0 atom stereocenters. The zero-order chi connectivity index (χ0) is 14.7. The van der Waals surface area contributed by atoms with Gasteiger partial charge < -0.3 is 5.32 Å². The smallest absolute Gasteiger partial charge is 0.266 e. The van der Waals surface area contributed by atoms with Gasteiger partial charge in [-0.05, 0) is 54.0 Å². The summed E-state index contributed by atoms with van der Waals surface area (Å²) in [6.45, 7) is 6.08. The number of halogens is 1. The molecule has 0 aliphatic heterocycles. The standard InChI is InChI=1S/C16H18ClNOS/c1-4-11-6-7-13(17)12(5-2)14(11)18-16(19)15-10(3)8-9-20-15/h6-9H,4-5H2,1-3H3,(H,18,19). The van der Waals surface area contributed by atoms with Gasteiger partial charge >= 0.3 is 0 Å². The van der Waals surface area contributed by atoms with Gasteiger partial charge in [0.1, 0.15) is 0 Å². The predicted molar refractivity (Wildman–Crippen MR) is 87.2 cm³/mol. The predicted octanol–water partition coefficient (Wildman–Crippen LogP) is 5.09. The number of anilines is 1. The Morgan fingerprint density at radius 1 is 1.25 bits per heavy atom. The highest BCUT2D eigenvalue weighted by molar-refractivity contribution is 7.12. The van der Waals surface area contributed by atoms with E-state index in [4.69, 9.17) is 11.6 Å². The van der Waals surface area contributed by atoms with Crippen LogP contribution >= 0.6 is 22.9 Å². The summed E-state index contributed by atoms with van der Waals surface area (Å²) in [5, 5.41) is 5.70. The highest BCUT2D eigenvalue weighted by Gasteiger charge is 2.16. The van der Waals surface area contributed by atoms with Gasteiger partial charge in [0.15, 0.2) is 0 Å². The van der Waals surface area contributed by atoms with Crippen LogP contribution in [-0.4, -0.2) is 5.91 Å². The molecular formula is C16H18ClNOS. The second-order valence-electron chi connectivity index (χ2n) is 4.65. The molecule has 0 aliphatic carbocycles. The molecule has 0 spiro atoms. The van der Waals surface area contributed by atoms with Crippen LogP contribution in [0.3, 0.4) is 0 Å². The van der Waals surface area contributed by atoms with Gasteiger partial charge in [-0.2, -0.15) is 0 Å². The van der Waals surface area contributed by atoms with E-state index in [0.29, 0.717) is 5.02 Å². The van der Waals surface area contributed by atoms with Crippen molar-refractivity contribution in [2.24, 2.45) is 0 Å². The van der Waals surface area contributed by atoms with Crippen LogP contribution in [0.5, 0.6) is 0 Å². The van der Waals surface area contributed by atoms with E-state index in [-0.39, 0.29) is 5.91 Å². The van der Waals surface area contributed by atoms with Gasteiger partial charge in [0.25, 0.3) is 5.91 Å². The van der Waals surface area contributed by atoms with Gasteiger partial charge in [-0.25, -0.2) is 0 Å². The Bertz CT molecular complexity index is 633. The number of aryl methyl sites for hydroxylation is 2. The molecule has 1 heterocycles. The number of rotatable bonds is 4. The second kappa shape index (κ2) is 6.42. The minimum atomic E-state index is -0.0517. The fourth-order valence-corrected chi connectivity index (χ4v) is 3.35. The number of amides is 1. The lowest BCUT2D eigenvalue weighted by molar-refractivity contribution is 0.103. The van der Waals surface area contributed by atoms with Gasteiger partial charge in [-0.1, -0.05) is 31.5 Å². The molecule has 20 heavy (non-hydrogen) atoms. The van der Waals surface area contributed by atoms with Crippen LogP contribution in [0, 0.1) is 6.92 Å². The fourth-order valence-electron chi connectivity index (χ4n) is 2.24. The highest BCUT2D eigenvalue weighted by atomic mass is 35.5. The topological polar surface area (TPSA) is 29.1 Å². The van der Waals surface area contributed by atoms with E-state index in [2.05, 4.69) is 12.2 Å². The second-order valence-corrected chi connectivity index (χ2v) is 5.98. The molecule has 0 saturated heterocycles. The molecule has 0 fully saturated rings. The van der Waals surface area contributed by atoms with E-state index < -0.39 is 0 Å². The van der Waals surface area contributed by atoms with Crippen LogP contribution in [0.4, 0.5) is 5.69 Å². The Morgan fingerprint density at radius 2 is 2.00 bits per heavy atom. The number of carbonyl (C=O) groups is 1. The first-order chi connectivity index (χ1) is 9.58. The molecule has 2 nitrogen and oxygen atoms in total. The van der Waals surface area contributed by atoms with Crippen molar-refractivity contribution in [3.8, 4) is 0 Å². The monoisotopic (exact) mass is 307 g/mol. The zero-order valence-corrected chi connectivity index (χ0v) is 13.5. The van der Waals surface area contributed by atoms with Crippen molar-refractivity contribution in [1.29, 1.82) is 0 Å². The first-order valence-electron chi connectivity index (χ1n) is 6.74. The van der Waals surface area contributed by atoms with Crippen LogP contribution in [0.15, 0.2) is 23.6 Å². The summed E-state index contributed by atoms with van der Waals surface area (Å²) in [6.07, 6.45) is 1.66. The first-order valence-corrected chi connectivity index (χ1v) is 7.99. The Kier molecular flexibility index (Phi) is 4.84. The van der Waals surface area contributed by atoms with Crippen LogP contribution < -0.4 is 5.32 Å². The fraction of sp³-hybridized carbons (Fsp3) is 0.312. The summed E-state index contributed by atoms with van der Waals surface area (Å²) in [4.78, 5) is 13.2. The molecule has 1 amide bonds. The largest absolute Gasteiger partial charge is 0.321 e. The molecule has 0 unspecified atom stereocenters. The summed E-state index contributed by atoms with van der Waals surface area (Å²) in [5.41, 5.74) is 4.01. The van der Waals surface area contributed by atoms with Crippen LogP contribution in [0.25, 0.3) is 0 Å². The molecule has 106 valence electrons. The molecule has 4 heteroatoms. The van der Waals surface area contributed by atoms with E-state index in [0.717, 1.165) is 40.1 Å². The number of hydrogen-bond donors (Lipinski definition) is 1. The third kappa shape index (κ3) is 2.89. The molecule has 1 aromatic carbocycles. The third-order valence-electron chi connectivity index (χ3n) is 3.38. The summed E-state index contributed by atoms with van der Waals surface area (Å²) >= 11 is 7.71. The third-order valence-corrected chi connectivity index (χ3v) is 4.75. The molecule has 0 bridgehead atoms. The number of carbonyl (C=O) groups excluding carboxylic acids is 1. The quantitative estimate of drug-likeness (QED) is 0.837. The van der Waals surface area contributed by atoms with Crippen LogP contribution in [-0.2, 0) is 12.8 Å². The number of nitrogens with one attached hydrogen (secondary N) is 1. The number of hydrogen-bond acceptors (Lipinski definition) is 2. The summed E-state index contributed by atoms with van der Waals surface area (Å²) in [5.74, 6) is -0.0517. The van der Waals surface area contributed by atoms with Gasteiger partial charge in [-0.15, -0.1) is 11.3 Å². The van der Waals surface area contributed by atoms with Crippen molar-refractivity contribution in [2.75, 3.05) is 5.32 Å². The number of thiophene rings is 1. The summed E-state index contributed by atoms with van der Waals surface area (Å²) < 4.78 is 0. The highest BCUT2D eigenvalue weighted by Crippen LogP contribution is 2.30. The Balaban J connectivity index is 2.40. The van der Waals surface area contributed by atoms with Gasteiger partial charge in [0.05, 0.1) is 4.88 Å². The summed E-state index contributed by atoms with van der Waals surface area (Å²) in [6, 6.07) is 5.85. The molecule has 2 rings (SSSR count). The van der Waals surface area contributed by atoms with Crippen molar-refractivity contribution < 1.29 is 4.79 Å². The zero-order valence-electron chi connectivity index (χ0n) is 11.9. The Morgan fingerprint density at radius 3 is 2.55 bits per heavy atom. The normalized spacial score (nSPS) is 10.6. The average Bonchev–Trinajstić information content (AvgIpc) is 2.85. The summed E-state index contributed by atoms with van der Waals surface area (Å²) in [7, 11) is 0. The molecule has 1 aromatic heterocycles. The molecular weight excluding hydrogens is 290 g/mol. The maximum atomic E-state index is 12.4. The van der Waals surface area contributed by atoms with E-state index in [1.54, 1.807) is 0 Å². The maximum Gasteiger partial charge on any atom is 0.266 e. The van der Waals surface area contributed by atoms with E-state index >= 15 is 0 Å². The molecule has 0 aliphatic rings. The van der Waals surface area contributed by atoms with E-state index in [1.807, 2.05) is 37.4 Å². The van der Waals surface area contributed by atoms with Gasteiger partial charge in [0.2, 0.25) is 0 Å². The maximum absolute atomic E-state index is 12.4. The first kappa shape index (κ1) is 15.1. The number of benzene rings is 1. The van der Waals surface area contributed by atoms with Gasteiger partial charge in [-0.3, -0.25) is 4.79 Å². The molecule has 0 saturated carbocycles. The van der Waals surface area contributed by atoms with E-state index in [9.17, 15) is 4.79 Å². The lowest BCUT2D eigenvalue weighted by atomic mass is 10.0. The van der Waals surface area contributed by atoms with Gasteiger partial charge in [0, 0.05) is 10.7 Å². The van der Waals surface area contributed by atoms with Crippen molar-refractivity contribution in [1.82, 2.24) is 0 Å². The SMILES string of the molecule is CCc1ccc(Cl)c(CC)c1NC(=O)c1sccc1C. The minimum Gasteiger partial charge on any atom is -0.321 e. The lowest BCUT2D eigenvalue weighted by Crippen LogP contribution is -2.14.